The molecule has 92 valence electrons. The van der Waals surface area contributed by atoms with Crippen molar-refractivity contribution in [2.45, 2.75) is 26.2 Å². The number of amides is 1. The Morgan fingerprint density at radius 2 is 2.41 bits per heavy atom. The van der Waals surface area contributed by atoms with E-state index >= 15 is 0 Å². The van der Waals surface area contributed by atoms with E-state index in [-0.39, 0.29) is 11.8 Å². The molecular formula is C11H16N4OS. The third-order valence-electron chi connectivity index (χ3n) is 2.80. The van der Waals surface area contributed by atoms with Gasteiger partial charge in [0.15, 0.2) is 0 Å². The highest BCUT2D eigenvalue weighted by Gasteiger charge is 2.35. The van der Waals surface area contributed by atoms with Crippen molar-refractivity contribution in [3.05, 3.63) is 11.6 Å². The third-order valence-corrected chi connectivity index (χ3v) is 3.54. The summed E-state index contributed by atoms with van der Waals surface area (Å²) in [5, 5.41) is 8.30. The zero-order valence-corrected chi connectivity index (χ0v) is 10.6. The second-order valence-corrected chi connectivity index (χ2v) is 4.77. The Hall–Kier alpha value is -1.27. The normalized spacial score (nSPS) is 19.9. The Morgan fingerprint density at radius 1 is 1.59 bits per heavy atom. The number of rotatable bonds is 5. The molecule has 1 aliphatic rings. The Labute approximate surface area is 104 Å². The van der Waals surface area contributed by atoms with Gasteiger partial charge in [-0.2, -0.15) is 10.1 Å². The molecule has 0 fully saturated rings. The van der Waals surface area contributed by atoms with Gasteiger partial charge in [-0.3, -0.25) is 4.79 Å². The number of hydrogen-bond acceptors (Lipinski definition) is 5. The van der Waals surface area contributed by atoms with Crippen molar-refractivity contribution in [2.75, 3.05) is 11.6 Å². The molecular weight excluding hydrogens is 236 g/mol. The summed E-state index contributed by atoms with van der Waals surface area (Å²) in [4.78, 5) is 16.3. The zero-order chi connectivity index (χ0) is 12.3. The van der Waals surface area contributed by atoms with Crippen LogP contribution in [0.2, 0.25) is 0 Å². The number of nitrogens with two attached hydrogens (primary N) is 1. The van der Waals surface area contributed by atoms with Crippen LogP contribution in [0.1, 0.15) is 26.2 Å². The number of carbonyl (C=O) groups is 1. The molecule has 1 unspecified atom stereocenters. The van der Waals surface area contributed by atoms with Crippen molar-refractivity contribution in [1.82, 2.24) is 4.98 Å². The lowest BCUT2D eigenvalue weighted by Gasteiger charge is -2.11. The largest absolute Gasteiger partial charge is 0.330 e. The van der Waals surface area contributed by atoms with Crippen LogP contribution in [0.5, 0.6) is 0 Å². The minimum Gasteiger partial charge on any atom is -0.330 e. The zero-order valence-electron chi connectivity index (χ0n) is 9.80. The van der Waals surface area contributed by atoms with Gasteiger partial charge in [-0.15, -0.1) is 11.3 Å². The lowest BCUT2D eigenvalue weighted by atomic mass is 9.96. The fraction of sp³-hybridized carbons (Fsp3) is 0.545. The van der Waals surface area contributed by atoms with E-state index in [0.29, 0.717) is 11.7 Å². The summed E-state index contributed by atoms with van der Waals surface area (Å²) in [6.07, 6.45) is 4.11. The fourth-order valence-electron chi connectivity index (χ4n) is 1.92. The van der Waals surface area contributed by atoms with Crippen LogP contribution in [0.3, 0.4) is 0 Å². The molecule has 0 saturated heterocycles. The van der Waals surface area contributed by atoms with E-state index < -0.39 is 0 Å². The molecule has 2 N–H and O–H groups in total. The van der Waals surface area contributed by atoms with Crippen molar-refractivity contribution >= 4 is 28.1 Å². The lowest BCUT2D eigenvalue weighted by molar-refractivity contribution is -0.119. The van der Waals surface area contributed by atoms with Crippen LogP contribution in [0.25, 0.3) is 0 Å². The Kier molecular flexibility index (Phi) is 3.86. The van der Waals surface area contributed by atoms with Crippen LogP contribution in [-0.4, -0.2) is 23.1 Å². The quantitative estimate of drug-likeness (QED) is 0.865. The highest BCUT2D eigenvalue weighted by Crippen LogP contribution is 2.28. The number of carbonyl (C=O) groups excluding carboxylic acids is 1. The third kappa shape index (κ3) is 2.37. The van der Waals surface area contributed by atoms with Crippen molar-refractivity contribution in [3.63, 3.8) is 0 Å². The average Bonchev–Trinajstić information content (AvgIpc) is 2.94. The van der Waals surface area contributed by atoms with E-state index in [9.17, 15) is 4.79 Å². The summed E-state index contributed by atoms with van der Waals surface area (Å²) < 4.78 is 0. The van der Waals surface area contributed by atoms with Gasteiger partial charge in [-0.1, -0.05) is 6.92 Å². The summed E-state index contributed by atoms with van der Waals surface area (Å²) in [7, 11) is 0. The fourth-order valence-corrected chi connectivity index (χ4v) is 2.52. The van der Waals surface area contributed by atoms with Gasteiger partial charge in [0.05, 0.1) is 11.6 Å². The molecule has 0 saturated carbocycles. The molecule has 1 amide bonds. The van der Waals surface area contributed by atoms with Gasteiger partial charge in [-0.25, -0.2) is 4.98 Å². The first-order valence-electron chi connectivity index (χ1n) is 5.78. The molecule has 0 aromatic carbocycles. The highest BCUT2D eigenvalue weighted by atomic mass is 32.1. The van der Waals surface area contributed by atoms with Crippen LogP contribution < -0.4 is 10.7 Å². The van der Waals surface area contributed by atoms with Gasteiger partial charge in [0.2, 0.25) is 5.13 Å². The van der Waals surface area contributed by atoms with Gasteiger partial charge in [-0.05, 0) is 25.8 Å². The highest BCUT2D eigenvalue weighted by molar-refractivity contribution is 7.13. The van der Waals surface area contributed by atoms with Crippen molar-refractivity contribution < 1.29 is 4.79 Å². The second kappa shape index (κ2) is 5.37. The number of hydrogen-bond donors (Lipinski definition) is 1. The maximum absolute atomic E-state index is 12.2. The topological polar surface area (TPSA) is 71.6 Å². The van der Waals surface area contributed by atoms with Gasteiger partial charge in [0, 0.05) is 11.6 Å². The lowest BCUT2D eigenvalue weighted by Crippen LogP contribution is -2.27. The summed E-state index contributed by atoms with van der Waals surface area (Å²) in [5.74, 6) is -0.0716. The van der Waals surface area contributed by atoms with E-state index in [1.54, 1.807) is 6.20 Å². The minimum absolute atomic E-state index is 0.0326. The van der Waals surface area contributed by atoms with E-state index in [0.717, 1.165) is 25.0 Å². The van der Waals surface area contributed by atoms with Crippen LogP contribution in [-0.2, 0) is 4.79 Å². The van der Waals surface area contributed by atoms with E-state index in [2.05, 4.69) is 10.1 Å². The molecule has 1 atom stereocenters. The smallest absolute Gasteiger partial charge is 0.258 e. The number of aromatic nitrogens is 1. The summed E-state index contributed by atoms with van der Waals surface area (Å²) >= 11 is 1.42. The first-order valence-corrected chi connectivity index (χ1v) is 6.66. The maximum atomic E-state index is 12.2. The van der Waals surface area contributed by atoms with E-state index in [1.807, 2.05) is 12.3 Å². The van der Waals surface area contributed by atoms with Crippen molar-refractivity contribution in [2.24, 2.45) is 16.8 Å². The van der Waals surface area contributed by atoms with Gasteiger partial charge in [0.1, 0.15) is 0 Å². The SMILES string of the molecule is CCC1=NN(c2nccs2)C(=O)C1CCCN. The molecule has 0 bridgehead atoms. The number of hydrazone groups is 1. The Balaban J connectivity index is 2.17. The first kappa shape index (κ1) is 12.2. The summed E-state index contributed by atoms with van der Waals surface area (Å²) in [5.41, 5.74) is 6.44. The summed E-state index contributed by atoms with van der Waals surface area (Å²) in [6.45, 7) is 2.63. The molecule has 1 aromatic rings. The molecule has 1 aromatic heterocycles. The molecule has 6 heteroatoms. The number of nitrogens with zero attached hydrogens (tertiary/aromatic N) is 3. The summed E-state index contributed by atoms with van der Waals surface area (Å²) in [6, 6.07) is 0. The van der Waals surface area contributed by atoms with Crippen LogP contribution in [0.15, 0.2) is 16.7 Å². The predicted molar refractivity (Wildman–Crippen MR) is 69.1 cm³/mol. The average molecular weight is 252 g/mol. The Morgan fingerprint density at radius 3 is 3.00 bits per heavy atom. The number of thiazole rings is 1. The molecule has 17 heavy (non-hydrogen) atoms. The molecule has 1 aliphatic heterocycles. The molecule has 2 rings (SSSR count). The molecule has 0 radical (unpaired) electrons. The molecule has 2 heterocycles. The van der Waals surface area contributed by atoms with E-state index in [4.69, 9.17) is 5.73 Å². The van der Waals surface area contributed by atoms with Crippen LogP contribution in [0, 0.1) is 5.92 Å². The Bertz CT molecular complexity index is 415. The van der Waals surface area contributed by atoms with Crippen LogP contribution >= 0.6 is 11.3 Å². The van der Waals surface area contributed by atoms with Gasteiger partial charge < -0.3 is 5.73 Å². The molecule has 5 nitrogen and oxygen atoms in total. The van der Waals surface area contributed by atoms with Crippen molar-refractivity contribution in [1.29, 1.82) is 0 Å². The monoisotopic (exact) mass is 252 g/mol. The second-order valence-electron chi connectivity index (χ2n) is 3.89. The standard InChI is InChI=1S/C11H16N4OS/c1-2-9-8(4-3-5-12)10(16)15(14-9)11-13-6-7-17-11/h6-8H,2-5,12H2,1H3. The number of anilines is 1. The minimum atomic E-state index is -0.104. The first-order chi connectivity index (χ1) is 8.27. The van der Waals surface area contributed by atoms with Crippen molar-refractivity contribution in [3.8, 4) is 0 Å². The van der Waals surface area contributed by atoms with Gasteiger partial charge >= 0.3 is 0 Å². The molecule has 0 aliphatic carbocycles. The maximum Gasteiger partial charge on any atom is 0.258 e. The van der Waals surface area contributed by atoms with Gasteiger partial charge in [0.25, 0.3) is 5.91 Å². The van der Waals surface area contributed by atoms with E-state index in [1.165, 1.54) is 16.3 Å². The predicted octanol–water partition coefficient (Wildman–Crippen LogP) is 1.61. The molecule has 0 spiro atoms. The van der Waals surface area contributed by atoms with Crippen LogP contribution in [0.4, 0.5) is 5.13 Å².